The summed E-state index contributed by atoms with van der Waals surface area (Å²) in [5.74, 6) is 1.70. The first-order chi connectivity index (χ1) is 12.7. The van der Waals surface area contributed by atoms with Crippen molar-refractivity contribution in [2.75, 3.05) is 14.2 Å². The third-order valence-electron chi connectivity index (χ3n) is 4.61. The van der Waals surface area contributed by atoms with Gasteiger partial charge in [-0.25, -0.2) is 0 Å². The Bertz CT molecular complexity index is 821. The molecule has 0 aromatic heterocycles. The summed E-state index contributed by atoms with van der Waals surface area (Å²) < 4.78 is 11.4. The number of benzene rings is 3. The quantitative estimate of drug-likeness (QED) is 0.576. The Morgan fingerprint density at radius 3 is 1.65 bits per heavy atom. The van der Waals surface area contributed by atoms with Crippen molar-refractivity contribution < 1.29 is 9.47 Å². The molecule has 3 aromatic carbocycles. The molecule has 0 fully saturated rings. The number of hydrogen-bond acceptors (Lipinski definition) is 2. The van der Waals surface area contributed by atoms with Gasteiger partial charge in [0.1, 0.15) is 0 Å². The molecule has 0 aliphatic rings. The molecule has 0 unspecified atom stereocenters. The first-order valence-corrected chi connectivity index (χ1v) is 10.3. The molecule has 0 saturated heterocycles. The lowest BCUT2D eigenvalue weighted by molar-refractivity contribution is 0.350. The van der Waals surface area contributed by atoms with Crippen LogP contribution in [0.2, 0.25) is 0 Å². The fraction of sp³-hybridized carbons (Fsp3) is 0.217. The number of ether oxygens (including phenoxy) is 2. The van der Waals surface area contributed by atoms with Gasteiger partial charge in [-0.05, 0) is 43.5 Å². The predicted octanol–water partition coefficient (Wildman–Crippen LogP) is 4.95. The van der Waals surface area contributed by atoms with Crippen molar-refractivity contribution in [3.8, 4) is 11.5 Å². The molecular weight excluding hydrogens is 339 g/mol. The molecule has 26 heavy (non-hydrogen) atoms. The van der Waals surface area contributed by atoms with Crippen LogP contribution in [-0.2, 0) is 6.16 Å². The molecule has 0 radical (unpaired) electrons. The number of aryl methyl sites for hydroxylation is 2. The molecule has 0 amide bonds. The van der Waals surface area contributed by atoms with Gasteiger partial charge in [-0.15, -0.1) is 0 Å². The third kappa shape index (κ3) is 3.76. The highest BCUT2D eigenvalue weighted by Crippen LogP contribution is 2.45. The average molecular weight is 364 g/mol. The van der Waals surface area contributed by atoms with E-state index < -0.39 is 7.92 Å². The second kappa shape index (κ2) is 8.38. The summed E-state index contributed by atoms with van der Waals surface area (Å²) in [5.41, 5.74) is 3.59. The van der Waals surface area contributed by atoms with E-state index in [0.29, 0.717) is 0 Å². The van der Waals surface area contributed by atoms with E-state index in [9.17, 15) is 0 Å². The third-order valence-corrected chi connectivity index (χ3v) is 7.08. The highest BCUT2D eigenvalue weighted by atomic mass is 31.1. The maximum Gasteiger partial charge on any atom is 0.164 e. The summed E-state index contributed by atoms with van der Waals surface area (Å²) in [6, 6.07) is 23.7. The zero-order chi connectivity index (χ0) is 18.5. The van der Waals surface area contributed by atoms with Gasteiger partial charge in [0.25, 0.3) is 0 Å². The van der Waals surface area contributed by atoms with Gasteiger partial charge in [0, 0.05) is 11.7 Å². The van der Waals surface area contributed by atoms with Gasteiger partial charge in [0.15, 0.2) is 11.5 Å². The molecule has 3 aromatic rings. The van der Waals surface area contributed by atoms with Crippen LogP contribution in [0, 0.1) is 13.8 Å². The topological polar surface area (TPSA) is 18.5 Å². The first-order valence-electron chi connectivity index (χ1n) is 8.74. The molecule has 0 aliphatic heterocycles. The molecule has 3 rings (SSSR count). The molecule has 0 spiro atoms. The summed E-state index contributed by atoms with van der Waals surface area (Å²) in [5, 5.41) is 2.74. The van der Waals surface area contributed by atoms with Crippen LogP contribution in [0.5, 0.6) is 11.5 Å². The van der Waals surface area contributed by atoms with Crippen LogP contribution in [0.25, 0.3) is 0 Å². The van der Waals surface area contributed by atoms with Crippen molar-refractivity contribution in [2.45, 2.75) is 20.0 Å². The first kappa shape index (κ1) is 18.5. The van der Waals surface area contributed by atoms with E-state index >= 15 is 0 Å². The standard InChI is InChI=1S/C23H25O2P/c1-17-15-18(2)22(24-3)23(25-4)21(17)16-26(19-11-7-5-8-12-19)20-13-9-6-10-14-20/h5-15H,16H2,1-4H3. The van der Waals surface area contributed by atoms with Crippen LogP contribution in [-0.4, -0.2) is 14.2 Å². The molecule has 0 aliphatic carbocycles. The van der Waals surface area contributed by atoms with Crippen LogP contribution in [0.3, 0.4) is 0 Å². The van der Waals surface area contributed by atoms with E-state index in [1.807, 2.05) is 0 Å². The second-order valence-electron chi connectivity index (χ2n) is 6.31. The second-order valence-corrected chi connectivity index (χ2v) is 8.52. The van der Waals surface area contributed by atoms with Crippen molar-refractivity contribution in [3.63, 3.8) is 0 Å². The van der Waals surface area contributed by atoms with Gasteiger partial charge >= 0.3 is 0 Å². The minimum Gasteiger partial charge on any atom is -0.493 e. The smallest absolute Gasteiger partial charge is 0.164 e. The molecule has 2 nitrogen and oxygen atoms in total. The highest BCUT2D eigenvalue weighted by Gasteiger charge is 2.21. The van der Waals surface area contributed by atoms with Gasteiger partial charge in [-0.2, -0.15) is 0 Å². The minimum atomic E-state index is -0.528. The lowest BCUT2D eigenvalue weighted by atomic mass is 10.0. The lowest BCUT2D eigenvalue weighted by Crippen LogP contribution is -2.14. The monoisotopic (exact) mass is 364 g/mol. The Morgan fingerprint density at radius 1 is 0.692 bits per heavy atom. The molecular formula is C23H25O2P. The Labute approximate surface area is 157 Å². The van der Waals surface area contributed by atoms with Gasteiger partial charge in [0.05, 0.1) is 14.2 Å². The van der Waals surface area contributed by atoms with Gasteiger partial charge in [-0.3, -0.25) is 0 Å². The van der Waals surface area contributed by atoms with Gasteiger partial charge < -0.3 is 9.47 Å². The van der Waals surface area contributed by atoms with Crippen molar-refractivity contribution >= 4 is 18.5 Å². The average Bonchev–Trinajstić information content (AvgIpc) is 2.68. The summed E-state index contributed by atoms with van der Waals surface area (Å²) in [6.07, 6.45) is 0.926. The van der Waals surface area contributed by atoms with Crippen LogP contribution in [0.15, 0.2) is 66.7 Å². The fourth-order valence-electron chi connectivity index (χ4n) is 3.34. The van der Waals surface area contributed by atoms with E-state index in [-0.39, 0.29) is 0 Å². The van der Waals surface area contributed by atoms with E-state index in [4.69, 9.17) is 9.47 Å². The highest BCUT2D eigenvalue weighted by molar-refractivity contribution is 7.72. The largest absolute Gasteiger partial charge is 0.493 e. The summed E-state index contributed by atoms with van der Waals surface area (Å²) in [4.78, 5) is 0. The molecule has 134 valence electrons. The number of rotatable bonds is 6. The summed E-state index contributed by atoms with van der Waals surface area (Å²) in [7, 11) is 2.91. The van der Waals surface area contributed by atoms with E-state index in [0.717, 1.165) is 23.2 Å². The molecule has 3 heteroatoms. The van der Waals surface area contributed by atoms with E-state index in [2.05, 4.69) is 80.6 Å². The zero-order valence-corrected chi connectivity index (χ0v) is 16.7. The SMILES string of the molecule is COc1c(C)cc(C)c(CP(c2ccccc2)c2ccccc2)c1OC. The Balaban J connectivity index is 2.11. The van der Waals surface area contributed by atoms with E-state index in [1.165, 1.54) is 21.7 Å². The maximum absolute atomic E-state index is 5.79. The fourth-order valence-corrected chi connectivity index (χ4v) is 5.78. The normalized spacial score (nSPS) is 10.8. The minimum absolute atomic E-state index is 0.528. The molecule has 0 N–H and O–H groups in total. The summed E-state index contributed by atoms with van der Waals surface area (Å²) in [6.45, 7) is 4.23. The van der Waals surface area contributed by atoms with Crippen LogP contribution < -0.4 is 20.1 Å². The Morgan fingerprint density at radius 2 is 1.19 bits per heavy atom. The van der Waals surface area contributed by atoms with Crippen molar-refractivity contribution in [1.29, 1.82) is 0 Å². The molecule has 0 bridgehead atoms. The van der Waals surface area contributed by atoms with E-state index in [1.54, 1.807) is 14.2 Å². The van der Waals surface area contributed by atoms with Crippen LogP contribution >= 0.6 is 7.92 Å². The molecule has 0 saturated carbocycles. The lowest BCUT2D eigenvalue weighted by Gasteiger charge is -2.23. The van der Waals surface area contributed by atoms with Gasteiger partial charge in [0.2, 0.25) is 0 Å². The van der Waals surface area contributed by atoms with Crippen molar-refractivity contribution in [2.24, 2.45) is 0 Å². The van der Waals surface area contributed by atoms with Crippen LogP contribution in [0.4, 0.5) is 0 Å². The predicted molar refractivity (Wildman–Crippen MR) is 112 cm³/mol. The van der Waals surface area contributed by atoms with Crippen molar-refractivity contribution in [3.05, 3.63) is 83.4 Å². The molecule has 0 heterocycles. The maximum atomic E-state index is 5.79. The zero-order valence-electron chi connectivity index (χ0n) is 15.8. The van der Waals surface area contributed by atoms with Gasteiger partial charge in [-0.1, -0.05) is 66.7 Å². The van der Waals surface area contributed by atoms with Crippen molar-refractivity contribution in [1.82, 2.24) is 0 Å². The molecule has 0 atom stereocenters. The van der Waals surface area contributed by atoms with Crippen LogP contribution in [0.1, 0.15) is 16.7 Å². The summed E-state index contributed by atoms with van der Waals surface area (Å²) >= 11 is 0. The Kier molecular flexibility index (Phi) is 5.96. The Hall–Kier alpha value is -2.31. The number of hydrogen-bond donors (Lipinski definition) is 0. The number of methoxy groups -OCH3 is 2.